The van der Waals surface area contributed by atoms with Crippen molar-refractivity contribution in [3.05, 3.63) is 68.2 Å². The second kappa shape index (κ2) is 7.01. The zero-order valence-corrected chi connectivity index (χ0v) is 13.4. The van der Waals surface area contributed by atoms with Gasteiger partial charge in [-0.25, -0.2) is 9.59 Å². The van der Waals surface area contributed by atoms with Gasteiger partial charge in [0.05, 0.1) is 27.6 Å². The second-order valence-corrected chi connectivity index (χ2v) is 5.19. The average molecular weight is 380 g/mol. The van der Waals surface area contributed by atoms with Crippen molar-refractivity contribution in [1.29, 1.82) is 0 Å². The van der Waals surface area contributed by atoms with E-state index < -0.39 is 16.9 Å². The molecule has 0 amide bonds. The summed E-state index contributed by atoms with van der Waals surface area (Å²) in [6.07, 6.45) is 0. The van der Waals surface area contributed by atoms with Gasteiger partial charge in [-0.3, -0.25) is 10.1 Å². The molecule has 0 aliphatic heterocycles. The van der Waals surface area contributed by atoms with Crippen LogP contribution in [0, 0.1) is 10.1 Å². The number of carbonyl (C=O) groups excluding carboxylic acids is 2. The molecule has 0 spiro atoms. The SMILES string of the molecule is COC(=O)c1ccc(OC(=O)c2cccc([N+](=O)[O-])c2)c(Br)c1. The number of hydrogen-bond donors (Lipinski definition) is 0. The summed E-state index contributed by atoms with van der Waals surface area (Å²) in [4.78, 5) is 33.6. The van der Waals surface area contributed by atoms with E-state index in [4.69, 9.17) is 4.74 Å². The van der Waals surface area contributed by atoms with E-state index in [0.29, 0.717) is 4.47 Å². The number of halogens is 1. The summed E-state index contributed by atoms with van der Waals surface area (Å²) in [5.74, 6) is -1.10. The number of ether oxygens (including phenoxy) is 2. The molecule has 0 atom stereocenters. The van der Waals surface area contributed by atoms with E-state index in [9.17, 15) is 19.7 Å². The number of methoxy groups -OCH3 is 1. The molecule has 0 saturated heterocycles. The largest absolute Gasteiger partial charge is 0.465 e. The lowest BCUT2D eigenvalue weighted by Crippen LogP contribution is -2.09. The third-order valence-corrected chi connectivity index (χ3v) is 3.47. The maximum atomic E-state index is 12.1. The van der Waals surface area contributed by atoms with E-state index in [2.05, 4.69) is 20.7 Å². The van der Waals surface area contributed by atoms with E-state index >= 15 is 0 Å². The molecule has 0 heterocycles. The minimum absolute atomic E-state index is 0.0446. The first kappa shape index (κ1) is 16.6. The van der Waals surface area contributed by atoms with Gasteiger partial charge in [-0.15, -0.1) is 0 Å². The number of hydrogen-bond acceptors (Lipinski definition) is 6. The van der Waals surface area contributed by atoms with Gasteiger partial charge in [-0.05, 0) is 40.2 Å². The maximum Gasteiger partial charge on any atom is 0.343 e. The van der Waals surface area contributed by atoms with E-state index in [1.165, 1.54) is 43.5 Å². The molecule has 2 aromatic rings. The lowest BCUT2D eigenvalue weighted by molar-refractivity contribution is -0.384. The first-order valence-corrected chi connectivity index (χ1v) is 7.06. The Hall–Kier alpha value is -2.74. The number of non-ortho nitro benzene ring substituents is 1. The van der Waals surface area contributed by atoms with E-state index in [0.717, 1.165) is 6.07 Å². The summed E-state index contributed by atoms with van der Waals surface area (Å²) < 4.78 is 10.1. The lowest BCUT2D eigenvalue weighted by Gasteiger charge is -2.07. The molecular formula is C15H10BrNO6. The molecule has 0 fully saturated rings. The maximum absolute atomic E-state index is 12.1. The average Bonchev–Trinajstić information content (AvgIpc) is 2.55. The highest BCUT2D eigenvalue weighted by atomic mass is 79.9. The first-order chi connectivity index (χ1) is 10.9. The number of esters is 2. The quantitative estimate of drug-likeness (QED) is 0.349. The molecule has 0 bridgehead atoms. The van der Waals surface area contributed by atoms with Crippen LogP contribution >= 0.6 is 15.9 Å². The Morgan fingerprint density at radius 2 is 1.78 bits per heavy atom. The molecule has 0 aliphatic carbocycles. The molecule has 0 radical (unpaired) electrons. The Morgan fingerprint density at radius 1 is 1.09 bits per heavy atom. The number of nitrogens with zero attached hydrogens (tertiary/aromatic N) is 1. The molecular weight excluding hydrogens is 370 g/mol. The highest BCUT2D eigenvalue weighted by Gasteiger charge is 2.16. The molecule has 7 nitrogen and oxygen atoms in total. The molecule has 0 N–H and O–H groups in total. The van der Waals surface area contributed by atoms with Crippen LogP contribution in [-0.2, 0) is 4.74 Å². The number of nitro benzene ring substituents is 1. The number of carbonyl (C=O) groups is 2. The van der Waals surface area contributed by atoms with Crippen molar-refractivity contribution in [3.63, 3.8) is 0 Å². The molecule has 0 unspecified atom stereocenters. The van der Waals surface area contributed by atoms with Crippen LogP contribution in [0.4, 0.5) is 5.69 Å². The smallest absolute Gasteiger partial charge is 0.343 e. The summed E-state index contributed by atoms with van der Waals surface area (Å²) in [6.45, 7) is 0. The minimum atomic E-state index is -0.750. The van der Waals surface area contributed by atoms with Crippen LogP contribution in [0.5, 0.6) is 5.75 Å². The Morgan fingerprint density at radius 3 is 2.39 bits per heavy atom. The summed E-state index contributed by atoms with van der Waals surface area (Å²) in [5, 5.41) is 10.7. The number of rotatable bonds is 4. The van der Waals surface area contributed by atoms with Crippen LogP contribution in [0.3, 0.4) is 0 Å². The summed E-state index contributed by atoms with van der Waals surface area (Å²) in [7, 11) is 1.26. The van der Waals surface area contributed by atoms with Crippen molar-refractivity contribution in [2.24, 2.45) is 0 Å². The molecule has 2 rings (SSSR count). The first-order valence-electron chi connectivity index (χ1n) is 6.27. The van der Waals surface area contributed by atoms with Crippen LogP contribution in [0.25, 0.3) is 0 Å². The van der Waals surface area contributed by atoms with Crippen LogP contribution in [0.1, 0.15) is 20.7 Å². The topological polar surface area (TPSA) is 95.7 Å². The van der Waals surface area contributed by atoms with Crippen molar-refractivity contribution in [3.8, 4) is 5.75 Å². The third-order valence-electron chi connectivity index (χ3n) is 2.85. The zero-order valence-electron chi connectivity index (χ0n) is 11.8. The normalized spacial score (nSPS) is 10.0. The molecule has 8 heteroatoms. The van der Waals surface area contributed by atoms with Crippen LogP contribution < -0.4 is 4.74 Å². The third kappa shape index (κ3) is 3.92. The van der Waals surface area contributed by atoms with Crippen LogP contribution in [0.15, 0.2) is 46.9 Å². The van der Waals surface area contributed by atoms with Crippen molar-refractivity contribution < 1.29 is 24.0 Å². The Kier molecular flexibility index (Phi) is 5.07. The highest BCUT2D eigenvalue weighted by molar-refractivity contribution is 9.10. The summed E-state index contributed by atoms with van der Waals surface area (Å²) in [6, 6.07) is 9.51. The van der Waals surface area contributed by atoms with Gasteiger partial charge in [-0.2, -0.15) is 0 Å². The fourth-order valence-electron chi connectivity index (χ4n) is 1.73. The predicted octanol–water partition coefficient (Wildman–Crippen LogP) is 3.36. The van der Waals surface area contributed by atoms with Gasteiger partial charge in [0.15, 0.2) is 0 Å². The Balaban J connectivity index is 2.22. The van der Waals surface area contributed by atoms with Gasteiger partial charge in [-0.1, -0.05) is 6.07 Å². The molecule has 2 aromatic carbocycles. The van der Waals surface area contributed by atoms with Gasteiger partial charge in [0, 0.05) is 12.1 Å². The van der Waals surface area contributed by atoms with Gasteiger partial charge in [0.25, 0.3) is 5.69 Å². The van der Waals surface area contributed by atoms with Gasteiger partial charge >= 0.3 is 11.9 Å². The van der Waals surface area contributed by atoms with Gasteiger partial charge in [0.2, 0.25) is 0 Å². The van der Waals surface area contributed by atoms with Gasteiger partial charge < -0.3 is 9.47 Å². The van der Waals surface area contributed by atoms with E-state index in [-0.39, 0.29) is 22.6 Å². The molecule has 0 saturated carbocycles. The predicted molar refractivity (Wildman–Crippen MR) is 83.5 cm³/mol. The summed E-state index contributed by atoms with van der Waals surface area (Å²) >= 11 is 3.19. The van der Waals surface area contributed by atoms with Crippen LogP contribution in [0.2, 0.25) is 0 Å². The van der Waals surface area contributed by atoms with Gasteiger partial charge in [0.1, 0.15) is 5.75 Å². The fourth-order valence-corrected chi connectivity index (χ4v) is 2.19. The lowest BCUT2D eigenvalue weighted by atomic mass is 10.2. The van der Waals surface area contributed by atoms with E-state index in [1.54, 1.807) is 0 Å². The zero-order chi connectivity index (χ0) is 17.0. The molecule has 23 heavy (non-hydrogen) atoms. The monoisotopic (exact) mass is 379 g/mol. The van der Waals surface area contributed by atoms with Crippen molar-refractivity contribution in [2.45, 2.75) is 0 Å². The van der Waals surface area contributed by atoms with E-state index in [1.807, 2.05) is 0 Å². The molecule has 0 aliphatic rings. The highest BCUT2D eigenvalue weighted by Crippen LogP contribution is 2.27. The minimum Gasteiger partial charge on any atom is -0.465 e. The van der Waals surface area contributed by atoms with Crippen molar-refractivity contribution in [2.75, 3.05) is 7.11 Å². The Bertz CT molecular complexity index is 789. The summed E-state index contributed by atoms with van der Waals surface area (Å²) in [5.41, 5.74) is 0.122. The molecule has 0 aromatic heterocycles. The number of benzene rings is 2. The Labute approximate surface area is 139 Å². The second-order valence-electron chi connectivity index (χ2n) is 4.33. The number of nitro groups is 1. The van der Waals surface area contributed by atoms with Crippen molar-refractivity contribution >= 4 is 33.6 Å². The van der Waals surface area contributed by atoms with Crippen molar-refractivity contribution in [1.82, 2.24) is 0 Å². The van der Waals surface area contributed by atoms with Crippen LogP contribution in [-0.4, -0.2) is 24.0 Å². The standard InChI is InChI=1S/C15H10BrNO6/c1-22-14(18)10-5-6-13(12(16)8-10)23-15(19)9-3-2-4-11(7-9)17(20)21/h2-8H,1H3. The fraction of sp³-hybridized carbons (Fsp3) is 0.0667. The molecule has 118 valence electrons.